The highest BCUT2D eigenvalue weighted by atomic mass is 35.5. The summed E-state index contributed by atoms with van der Waals surface area (Å²) in [5.41, 5.74) is 0. The standard InChI is InChI=1S/C16H20N4O2S.ClH/c1-19-8-7-18-16(19)12-11-17-6-9-20(12)15(22)5-4-13(21)14-3-2-10-23-14;/h2-3,7-8,10,12,17H,4-6,9,11H2,1H3;1H. The van der Waals surface area contributed by atoms with Gasteiger partial charge in [0.1, 0.15) is 11.9 Å². The average molecular weight is 369 g/mol. The van der Waals surface area contributed by atoms with E-state index in [1.165, 1.54) is 11.3 Å². The molecule has 24 heavy (non-hydrogen) atoms. The van der Waals surface area contributed by atoms with Gasteiger partial charge < -0.3 is 14.8 Å². The molecule has 6 nitrogen and oxygen atoms in total. The number of piperazine rings is 1. The highest BCUT2D eigenvalue weighted by molar-refractivity contribution is 7.12. The first-order valence-corrected chi connectivity index (χ1v) is 8.59. The third kappa shape index (κ3) is 4.03. The van der Waals surface area contributed by atoms with Gasteiger partial charge in [0.05, 0.1) is 4.88 Å². The Morgan fingerprint density at radius 1 is 1.42 bits per heavy atom. The van der Waals surface area contributed by atoms with E-state index in [0.29, 0.717) is 13.1 Å². The van der Waals surface area contributed by atoms with Crippen LogP contribution in [0.25, 0.3) is 0 Å². The molecule has 0 aromatic carbocycles. The van der Waals surface area contributed by atoms with Crippen LogP contribution in [0, 0.1) is 0 Å². The number of carbonyl (C=O) groups excluding carboxylic acids is 2. The van der Waals surface area contributed by atoms with Crippen LogP contribution < -0.4 is 5.32 Å². The largest absolute Gasteiger partial charge is 0.336 e. The van der Waals surface area contributed by atoms with Gasteiger partial charge >= 0.3 is 0 Å². The maximum atomic E-state index is 12.6. The summed E-state index contributed by atoms with van der Waals surface area (Å²) in [6.07, 6.45) is 4.13. The lowest BCUT2D eigenvalue weighted by Gasteiger charge is -2.35. The van der Waals surface area contributed by atoms with E-state index in [1.807, 2.05) is 34.2 Å². The van der Waals surface area contributed by atoms with E-state index in [0.717, 1.165) is 17.2 Å². The molecule has 1 N–H and O–H groups in total. The van der Waals surface area contributed by atoms with E-state index in [9.17, 15) is 9.59 Å². The van der Waals surface area contributed by atoms with E-state index in [2.05, 4.69) is 10.3 Å². The zero-order valence-electron chi connectivity index (χ0n) is 13.5. The van der Waals surface area contributed by atoms with Gasteiger partial charge in [-0.25, -0.2) is 4.98 Å². The Morgan fingerprint density at radius 2 is 2.25 bits per heavy atom. The molecule has 1 fully saturated rings. The normalized spacial score (nSPS) is 17.4. The molecule has 1 aliphatic rings. The van der Waals surface area contributed by atoms with Crippen LogP contribution in [0.3, 0.4) is 0 Å². The second-order valence-electron chi connectivity index (χ2n) is 5.60. The van der Waals surface area contributed by atoms with Gasteiger partial charge in [-0.15, -0.1) is 23.7 Å². The summed E-state index contributed by atoms with van der Waals surface area (Å²) >= 11 is 1.42. The van der Waals surface area contributed by atoms with E-state index >= 15 is 0 Å². The fourth-order valence-corrected chi connectivity index (χ4v) is 3.55. The van der Waals surface area contributed by atoms with Crippen molar-refractivity contribution in [2.45, 2.75) is 18.9 Å². The minimum atomic E-state index is -0.0758. The Kier molecular flexibility index (Phi) is 6.53. The SMILES string of the molecule is Cl.Cn1ccnc1C1CNCCN1C(=O)CCC(=O)c1cccs1. The van der Waals surface area contributed by atoms with Gasteiger partial charge in [-0.3, -0.25) is 9.59 Å². The molecule has 0 spiro atoms. The molecule has 2 aromatic rings. The lowest BCUT2D eigenvalue weighted by Crippen LogP contribution is -2.49. The van der Waals surface area contributed by atoms with Crippen molar-refractivity contribution in [1.82, 2.24) is 19.8 Å². The van der Waals surface area contributed by atoms with Crippen LogP contribution in [0.15, 0.2) is 29.9 Å². The van der Waals surface area contributed by atoms with Crippen LogP contribution >= 0.6 is 23.7 Å². The summed E-state index contributed by atoms with van der Waals surface area (Å²) in [4.78, 5) is 31.6. The van der Waals surface area contributed by atoms with Crippen molar-refractivity contribution >= 4 is 35.4 Å². The van der Waals surface area contributed by atoms with Gasteiger partial charge in [0.15, 0.2) is 5.78 Å². The average Bonchev–Trinajstić information content (AvgIpc) is 3.23. The van der Waals surface area contributed by atoms with Crippen molar-refractivity contribution in [3.63, 3.8) is 0 Å². The molecule has 1 saturated heterocycles. The molecular formula is C16H21ClN4O2S. The molecule has 3 rings (SSSR count). The van der Waals surface area contributed by atoms with Gasteiger partial charge in [-0.1, -0.05) is 6.07 Å². The molecule has 1 amide bonds. The van der Waals surface area contributed by atoms with Crippen LogP contribution in [0.5, 0.6) is 0 Å². The lowest BCUT2D eigenvalue weighted by molar-refractivity contribution is -0.134. The summed E-state index contributed by atoms with van der Waals surface area (Å²) in [5, 5.41) is 5.19. The Morgan fingerprint density at radius 3 is 2.92 bits per heavy atom. The van der Waals surface area contributed by atoms with Crippen molar-refractivity contribution in [3.8, 4) is 0 Å². The van der Waals surface area contributed by atoms with Gasteiger partial charge in [0, 0.05) is 51.9 Å². The lowest BCUT2D eigenvalue weighted by atomic mass is 10.1. The highest BCUT2D eigenvalue weighted by Crippen LogP contribution is 2.22. The molecule has 8 heteroatoms. The summed E-state index contributed by atoms with van der Waals surface area (Å²) in [7, 11) is 1.93. The number of imidazole rings is 1. The number of thiophene rings is 1. The highest BCUT2D eigenvalue weighted by Gasteiger charge is 2.30. The van der Waals surface area contributed by atoms with Crippen LogP contribution in [-0.2, 0) is 11.8 Å². The van der Waals surface area contributed by atoms with Crippen molar-refractivity contribution in [2.24, 2.45) is 7.05 Å². The first kappa shape index (κ1) is 18.6. The van der Waals surface area contributed by atoms with Crippen LogP contribution in [0.1, 0.15) is 34.4 Å². The van der Waals surface area contributed by atoms with Gasteiger partial charge in [0.2, 0.25) is 5.91 Å². The first-order valence-electron chi connectivity index (χ1n) is 7.71. The van der Waals surface area contributed by atoms with Crippen molar-refractivity contribution in [2.75, 3.05) is 19.6 Å². The fourth-order valence-electron chi connectivity index (χ4n) is 2.86. The minimum absolute atomic E-state index is 0. The van der Waals surface area contributed by atoms with E-state index in [-0.39, 0.29) is 43.0 Å². The third-order valence-electron chi connectivity index (χ3n) is 4.08. The zero-order valence-corrected chi connectivity index (χ0v) is 15.1. The van der Waals surface area contributed by atoms with Gasteiger partial charge in [0.25, 0.3) is 0 Å². The maximum Gasteiger partial charge on any atom is 0.223 e. The van der Waals surface area contributed by atoms with Gasteiger partial charge in [-0.05, 0) is 11.4 Å². The van der Waals surface area contributed by atoms with Crippen LogP contribution in [-0.4, -0.2) is 45.8 Å². The number of Topliss-reactive ketones (excluding diaryl/α,β-unsaturated/α-hetero) is 1. The first-order chi connectivity index (χ1) is 11.2. The molecule has 1 unspecified atom stereocenters. The number of ketones is 1. The van der Waals surface area contributed by atoms with Crippen LogP contribution in [0.4, 0.5) is 0 Å². The monoisotopic (exact) mass is 368 g/mol. The second-order valence-corrected chi connectivity index (χ2v) is 6.55. The summed E-state index contributed by atoms with van der Waals surface area (Å²) in [6.45, 7) is 2.10. The fraction of sp³-hybridized carbons (Fsp3) is 0.438. The Bertz CT molecular complexity index is 686. The Balaban J connectivity index is 0.00000208. The second kappa shape index (κ2) is 8.41. The zero-order chi connectivity index (χ0) is 16.2. The molecule has 0 aliphatic carbocycles. The summed E-state index contributed by atoms with van der Waals surface area (Å²) in [5.74, 6) is 0.927. The van der Waals surface area contributed by atoms with E-state index in [4.69, 9.17) is 0 Å². The number of aromatic nitrogens is 2. The molecule has 130 valence electrons. The molecule has 1 aliphatic heterocycles. The molecular weight excluding hydrogens is 348 g/mol. The summed E-state index contributed by atoms with van der Waals surface area (Å²) < 4.78 is 1.94. The van der Waals surface area contributed by atoms with E-state index < -0.39 is 0 Å². The smallest absolute Gasteiger partial charge is 0.223 e. The molecule has 0 bridgehead atoms. The number of halogens is 1. The predicted octanol–water partition coefficient (Wildman–Crippen LogP) is 2.04. The quantitative estimate of drug-likeness (QED) is 0.820. The number of hydrogen-bond acceptors (Lipinski definition) is 5. The number of carbonyl (C=O) groups is 2. The Labute approximate surface area is 151 Å². The topological polar surface area (TPSA) is 67.2 Å². The maximum absolute atomic E-state index is 12.6. The van der Waals surface area contributed by atoms with Crippen molar-refractivity contribution in [3.05, 3.63) is 40.6 Å². The van der Waals surface area contributed by atoms with E-state index in [1.54, 1.807) is 12.3 Å². The Hall–Kier alpha value is -1.70. The number of amides is 1. The van der Waals surface area contributed by atoms with Crippen molar-refractivity contribution < 1.29 is 9.59 Å². The molecule has 3 heterocycles. The number of hydrogen-bond donors (Lipinski definition) is 1. The minimum Gasteiger partial charge on any atom is -0.336 e. The number of nitrogens with zero attached hydrogens (tertiary/aromatic N) is 3. The third-order valence-corrected chi connectivity index (χ3v) is 4.99. The van der Waals surface area contributed by atoms with Gasteiger partial charge in [-0.2, -0.15) is 0 Å². The number of aryl methyl sites for hydroxylation is 1. The van der Waals surface area contributed by atoms with Crippen molar-refractivity contribution in [1.29, 1.82) is 0 Å². The number of rotatable bonds is 5. The molecule has 1 atom stereocenters. The number of nitrogens with one attached hydrogen (secondary N) is 1. The summed E-state index contributed by atoms with van der Waals surface area (Å²) in [6, 6.07) is 3.58. The molecule has 0 saturated carbocycles. The predicted molar refractivity (Wildman–Crippen MR) is 95.7 cm³/mol. The van der Waals surface area contributed by atoms with Crippen LogP contribution in [0.2, 0.25) is 0 Å². The molecule has 2 aromatic heterocycles. The molecule has 0 radical (unpaired) electrons.